The number of carbonyl (C=O) groups is 1. The van der Waals surface area contributed by atoms with Gasteiger partial charge in [-0.05, 0) is 68.0 Å². The lowest BCUT2D eigenvalue weighted by atomic mass is 9.97. The van der Waals surface area contributed by atoms with Crippen LogP contribution >= 0.6 is 0 Å². The SMILES string of the molecule is C[C@H]1C(=O)N2CCCc3cc(S(=O)(=O)N4c5ccccc5C[C@@H]4C)cc1c32. The van der Waals surface area contributed by atoms with Crippen LogP contribution in [0.5, 0.6) is 0 Å². The minimum atomic E-state index is -3.69. The standard InChI is InChI=1S/C21H22N2O3S/c1-13-10-15-6-3-4-8-19(15)23(13)27(25,26)17-11-16-7-5-9-22-20(16)18(12-17)14(2)21(22)24/h3-4,6,8,11-14H,5,7,9-10H2,1-2H3/t13-,14+/m0/s1. The van der Waals surface area contributed by atoms with Crippen molar-refractivity contribution in [2.45, 2.75) is 50.0 Å². The molecular formula is C21H22N2O3S. The third-order valence-corrected chi connectivity index (χ3v) is 8.00. The number of aryl methyl sites for hydroxylation is 1. The molecule has 3 aliphatic rings. The summed E-state index contributed by atoms with van der Waals surface area (Å²) < 4.78 is 28.7. The maximum Gasteiger partial charge on any atom is 0.264 e. The summed E-state index contributed by atoms with van der Waals surface area (Å²) in [6.45, 7) is 4.55. The molecule has 5 nitrogen and oxygen atoms in total. The van der Waals surface area contributed by atoms with E-state index in [1.807, 2.05) is 43.0 Å². The van der Waals surface area contributed by atoms with Crippen molar-refractivity contribution in [1.82, 2.24) is 0 Å². The number of hydrogen-bond acceptors (Lipinski definition) is 3. The van der Waals surface area contributed by atoms with E-state index in [1.165, 1.54) is 0 Å². The summed E-state index contributed by atoms with van der Waals surface area (Å²) in [7, 11) is -3.69. The molecule has 0 bridgehead atoms. The average molecular weight is 382 g/mol. The van der Waals surface area contributed by atoms with Crippen LogP contribution in [0.1, 0.15) is 42.9 Å². The number of anilines is 2. The first-order valence-corrected chi connectivity index (χ1v) is 10.9. The van der Waals surface area contributed by atoms with Crippen LogP contribution in [0.3, 0.4) is 0 Å². The van der Waals surface area contributed by atoms with E-state index in [-0.39, 0.29) is 17.9 Å². The quantitative estimate of drug-likeness (QED) is 0.801. The van der Waals surface area contributed by atoms with Gasteiger partial charge in [-0.1, -0.05) is 18.2 Å². The minimum Gasteiger partial charge on any atom is -0.311 e. The van der Waals surface area contributed by atoms with Crippen molar-refractivity contribution in [3.8, 4) is 0 Å². The van der Waals surface area contributed by atoms with Crippen molar-refractivity contribution < 1.29 is 13.2 Å². The van der Waals surface area contributed by atoms with E-state index < -0.39 is 10.0 Å². The maximum absolute atomic E-state index is 13.6. The van der Waals surface area contributed by atoms with Crippen LogP contribution < -0.4 is 9.21 Å². The smallest absolute Gasteiger partial charge is 0.264 e. The lowest BCUT2D eigenvalue weighted by molar-refractivity contribution is -0.119. The molecule has 3 heterocycles. The molecule has 6 heteroatoms. The Morgan fingerprint density at radius 1 is 1.07 bits per heavy atom. The zero-order chi connectivity index (χ0) is 18.9. The Balaban J connectivity index is 1.67. The third kappa shape index (κ3) is 2.22. The topological polar surface area (TPSA) is 57.7 Å². The molecular weight excluding hydrogens is 360 g/mol. The Morgan fingerprint density at radius 2 is 1.85 bits per heavy atom. The van der Waals surface area contributed by atoms with Crippen LogP contribution in [0.2, 0.25) is 0 Å². The summed E-state index contributed by atoms with van der Waals surface area (Å²) in [6.07, 6.45) is 2.40. The highest BCUT2D eigenvalue weighted by Crippen LogP contribution is 2.45. The van der Waals surface area contributed by atoms with E-state index in [4.69, 9.17) is 0 Å². The molecule has 5 rings (SSSR count). The van der Waals surface area contributed by atoms with Gasteiger partial charge in [0.15, 0.2) is 0 Å². The molecule has 3 aliphatic heterocycles. The molecule has 2 atom stereocenters. The first-order valence-electron chi connectivity index (χ1n) is 9.50. The van der Waals surface area contributed by atoms with E-state index in [0.29, 0.717) is 4.90 Å². The minimum absolute atomic E-state index is 0.0837. The molecule has 0 radical (unpaired) electrons. The fourth-order valence-corrected chi connectivity index (χ4v) is 6.61. The molecule has 0 aliphatic carbocycles. The Labute approximate surface area is 159 Å². The van der Waals surface area contributed by atoms with E-state index >= 15 is 0 Å². The van der Waals surface area contributed by atoms with Gasteiger partial charge in [0.1, 0.15) is 0 Å². The molecule has 1 amide bonds. The van der Waals surface area contributed by atoms with E-state index in [9.17, 15) is 13.2 Å². The first-order chi connectivity index (χ1) is 12.9. The second-order valence-electron chi connectivity index (χ2n) is 7.82. The van der Waals surface area contributed by atoms with Crippen LogP contribution in [0.15, 0.2) is 41.3 Å². The van der Waals surface area contributed by atoms with Crippen molar-refractivity contribution >= 4 is 27.3 Å². The summed E-state index contributed by atoms with van der Waals surface area (Å²) in [5, 5.41) is 0. The number of nitrogens with zero attached hydrogens (tertiary/aromatic N) is 2. The molecule has 0 unspecified atom stereocenters. The van der Waals surface area contributed by atoms with Crippen molar-refractivity contribution in [2.75, 3.05) is 15.7 Å². The fraction of sp³-hybridized carbons (Fsp3) is 0.381. The Morgan fingerprint density at radius 3 is 2.67 bits per heavy atom. The van der Waals surface area contributed by atoms with Crippen molar-refractivity contribution in [3.63, 3.8) is 0 Å². The zero-order valence-corrected chi connectivity index (χ0v) is 16.3. The lowest BCUT2D eigenvalue weighted by Gasteiger charge is -2.28. The van der Waals surface area contributed by atoms with Crippen LogP contribution in [0.25, 0.3) is 0 Å². The number of fused-ring (bicyclic) bond motifs is 1. The average Bonchev–Trinajstić information content (AvgIpc) is 3.12. The predicted octanol–water partition coefficient (Wildman–Crippen LogP) is 3.22. The van der Waals surface area contributed by atoms with Crippen LogP contribution in [0, 0.1) is 0 Å². The number of amides is 1. The monoisotopic (exact) mass is 382 g/mol. The first kappa shape index (κ1) is 16.8. The molecule has 0 saturated heterocycles. The molecule has 0 fully saturated rings. The van der Waals surface area contributed by atoms with Gasteiger partial charge in [0.05, 0.1) is 22.2 Å². The van der Waals surface area contributed by atoms with Crippen molar-refractivity contribution in [1.29, 1.82) is 0 Å². The number of carbonyl (C=O) groups excluding carboxylic acids is 1. The number of para-hydroxylation sites is 1. The van der Waals surface area contributed by atoms with E-state index in [2.05, 4.69) is 0 Å². The summed E-state index contributed by atoms with van der Waals surface area (Å²) in [5.41, 5.74) is 4.62. The normalized spacial score (nSPS) is 23.6. The highest BCUT2D eigenvalue weighted by molar-refractivity contribution is 7.92. The maximum atomic E-state index is 13.6. The second kappa shape index (κ2) is 5.58. The van der Waals surface area contributed by atoms with Crippen LogP contribution in [-0.4, -0.2) is 26.9 Å². The summed E-state index contributed by atoms with van der Waals surface area (Å²) in [4.78, 5) is 14.7. The highest BCUT2D eigenvalue weighted by Gasteiger charge is 2.41. The highest BCUT2D eigenvalue weighted by atomic mass is 32.2. The molecule has 140 valence electrons. The summed E-state index contributed by atoms with van der Waals surface area (Å²) >= 11 is 0. The Bertz CT molecular complexity index is 1080. The number of benzene rings is 2. The number of rotatable bonds is 2. The van der Waals surface area contributed by atoms with Gasteiger partial charge in [-0.3, -0.25) is 9.10 Å². The zero-order valence-electron chi connectivity index (χ0n) is 15.5. The lowest BCUT2D eigenvalue weighted by Crippen LogP contribution is -2.36. The Hall–Kier alpha value is -2.34. The number of hydrogen-bond donors (Lipinski definition) is 0. The van der Waals surface area contributed by atoms with Crippen molar-refractivity contribution in [3.05, 3.63) is 53.1 Å². The van der Waals surface area contributed by atoms with Gasteiger partial charge < -0.3 is 4.90 Å². The van der Waals surface area contributed by atoms with E-state index in [0.717, 1.165) is 53.9 Å². The number of sulfonamides is 1. The van der Waals surface area contributed by atoms with Crippen molar-refractivity contribution in [2.24, 2.45) is 0 Å². The fourth-order valence-electron chi connectivity index (χ4n) is 4.83. The van der Waals surface area contributed by atoms with Gasteiger partial charge in [-0.2, -0.15) is 0 Å². The summed E-state index contributed by atoms with van der Waals surface area (Å²) in [6, 6.07) is 11.1. The molecule has 27 heavy (non-hydrogen) atoms. The van der Waals surface area contributed by atoms with Gasteiger partial charge in [-0.15, -0.1) is 0 Å². The predicted molar refractivity (Wildman–Crippen MR) is 105 cm³/mol. The van der Waals surface area contributed by atoms with E-state index in [1.54, 1.807) is 16.4 Å². The second-order valence-corrected chi connectivity index (χ2v) is 9.63. The largest absolute Gasteiger partial charge is 0.311 e. The van der Waals surface area contributed by atoms with Gasteiger partial charge in [-0.25, -0.2) is 8.42 Å². The van der Waals surface area contributed by atoms with Crippen LogP contribution in [-0.2, 0) is 27.7 Å². The van der Waals surface area contributed by atoms with Crippen LogP contribution in [0.4, 0.5) is 11.4 Å². The molecule has 0 aromatic heterocycles. The van der Waals surface area contributed by atoms with Gasteiger partial charge in [0.2, 0.25) is 5.91 Å². The Kier molecular flexibility index (Phi) is 3.47. The van der Waals surface area contributed by atoms with Gasteiger partial charge in [0.25, 0.3) is 10.0 Å². The third-order valence-electron chi connectivity index (χ3n) is 6.09. The molecule has 2 aromatic rings. The molecule has 2 aromatic carbocycles. The van der Waals surface area contributed by atoms with Gasteiger partial charge in [0, 0.05) is 12.6 Å². The summed E-state index contributed by atoms with van der Waals surface area (Å²) in [5.74, 6) is -0.198. The van der Waals surface area contributed by atoms with Gasteiger partial charge >= 0.3 is 0 Å². The molecule has 0 saturated carbocycles. The molecule has 0 N–H and O–H groups in total. The molecule has 0 spiro atoms.